The number of carbonyl (C=O) groups is 1. The highest BCUT2D eigenvalue weighted by Crippen LogP contribution is 2.32. The van der Waals surface area contributed by atoms with Crippen LogP contribution < -0.4 is 5.14 Å². The van der Waals surface area contributed by atoms with Gasteiger partial charge in [0.05, 0.1) is 10.5 Å². The Morgan fingerprint density at radius 1 is 1.14 bits per heavy atom. The molecule has 2 aromatic rings. The van der Waals surface area contributed by atoms with Crippen molar-refractivity contribution in [1.29, 1.82) is 0 Å². The molecule has 0 aliphatic carbocycles. The van der Waals surface area contributed by atoms with Gasteiger partial charge in [0.15, 0.2) is 0 Å². The Bertz CT molecular complexity index is 783. The SMILES string of the molecule is CCc1c(C(=O)O)ccc(-c2ccccc2)c1S(N)(=O)=O. The summed E-state index contributed by atoms with van der Waals surface area (Å²) in [6.45, 7) is 1.70. The normalized spacial score (nSPS) is 11.3. The van der Waals surface area contributed by atoms with Gasteiger partial charge in [0.1, 0.15) is 0 Å². The minimum Gasteiger partial charge on any atom is -0.478 e. The van der Waals surface area contributed by atoms with E-state index in [0.717, 1.165) is 0 Å². The summed E-state index contributed by atoms with van der Waals surface area (Å²) in [4.78, 5) is 11.2. The summed E-state index contributed by atoms with van der Waals surface area (Å²) in [6.07, 6.45) is 0.258. The second-order valence-electron chi connectivity index (χ2n) is 4.54. The van der Waals surface area contributed by atoms with Crippen molar-refractivity contribution >= 4 is 16.0 Å². The maximum Gasteiger partial charge on any atom is 0.336 e. The molecule has 0 fully saturated rings. The molecule has 110 valence electrons. The molecule has 0 atom stereocenters. The first-order valence-electron chi connectivity index (χ1n) is 6.33. The molecule has 0 radical (unpaired) electrons. The van der Waals surface area contributed by atoms with Crippen LogP contribution in [0.4, 0.5) is 0 Å². The van der Waals surface area contributed by atoms with E-state index in [0.29, 0.717) is 11.1 Å². The van der Waals surface area contributed by atoms with Crippen molar-refractivity contribution in [1.82, 2.24) is 0 Å². The number of benzene rings is 2. The van der Waals surface area contributed by atoms with Crippen molar-refractivity contribution in [2.24, 2.45) is 5.14 Å². The van der Waals surface area contributed by atoms with Crippen molar-refractivity contribution in [3.8, 4) is 11.1 Å². The molecule has 2 rings (SSSR count). The Kier molecular flexibility index (Phi) is 4.11. The number of sulfonamides is 1. The molecular formula is C15H15NO4S. The molecule has 0 aliphatic rings. The lowest BCUT2D eigenvalue weighted by Crippen LogP contribution is -2.18. The molecule has 5 nitrogen and oxygen atoms in total. The van der Waals surface area contributed by atoms with Crippen molar-refractivity contribution in [3.05, 3.63) is 53.6 Å². The van der Waals surface area contributed by atoms with E-state index in [4.69, 9.17) is 5.14 Å². The molecule has 0 spiro atoms. The summed E-state index contributed by atoms with van der Waals surface area (Å²) in [7, 11) is -4.04. The summed E-state index contributed by atoms with van der Waals surface area (Å²) >= 11 is 0. The summed E-state index contributed by atoms with van der Waals surface area (Å²) < 4.78 is 23.9. The zero-order valence-corrected chi connectivity index (χ0v) is 12.2. The van der Waals surface area contributed by atoms with E-state index < -0.39 is 16.0 Å². The van der Waals surface area contributed by atoms with Crippen molar-refractivity contribution in [2.45, 2.75) is 18.2 Å². The highest BCUT2D eigenvalue weighted by molar-refractivity contribution is 7.89. The largest absolute Gasteiger partial charge is 0.478 e. The molecular weight excluding hydrogens is 290 g/mol. The van der Waals surface area contributed by atoms with Crippen molar-refractivity contribution in [2.75, 3.05) is 0 Å². The van der Waals surface area contributed by atoms with Gasteiger partial charge in [-0.15, -0.1) is 0 Å². The van der Waals surface area contributed by atoms with E-state index in [9.17, 15) is 18.3 Å². The lowest BCUT2D eigenvalue weighted by molar-refractivity contribution is 0.0695. The lowest BCUT2D eigenvalue weighted by Gasteiger charge is -2.15. The van der Waals surface area contributed by atoms with Crippen LogP contribution in [0.15, 0.2) is 47.4 Å². The second-order valence-corrected chi connectivity index (χ2v) is 6.04. The van der Waals surface area contributed by atoms with Gasteiger partial charge in [-0.2, -0.15) is 0 Å². The molecule has 21 heavy (non-hydrogen) atoms. The van der Waals surface area contributed by atoms with Gasteiger partial charge in [0.25, 0.3) is 0 Å². The zero-order chi connectivity index (χ0) is 15.6. The Morgan fingerprint density at radius 3 is 2.24 bits per heavy atom. The Morgan fingerprint density at radius 2 is 1.76 bits per heavy atom. The molecule has 0 saturated heterocycles. The molecule has 0 amide bonds. The first-order chi connectivity index (χ1) is 9.86. The molecule has 0 heterocycles. The molecule has 2 aromatic carbocycles. The van der Waals surface area contributed by atoms with Gasteiger partial charge in [-0.1, -0.05) is 43.3 Å². The monoisotopic (exact) mass is 305 g/mol. The van der Waals surface area contributed by atoms with Gasteiger partial charge < -0.3 is 5.11 Å². The molecule has 0 aromatic heterocycles. The Balaban J connectivity index is 2.88. The van der Waals surface area contributed by atoms with Crippen LogP contribution in [0.25, 0.3) is 11.1 Å². The number of primary sulfonamides is 1. The van der Waals surface area contributed by atoms with Crippen LogP contribution in [-0.2, 0) is 16.4 Å². The quantitative estimate of drug-likeness (QED) is 0.905. The fraction of sp³-hybridized carbons (Fsp3) is 0.133. The number of rotatable bonds is 4. The number of carboxylic acid groups (broad SMARTS) is 1. The third kappa shape index (κ3) is 2.96. The van der Waals surface area contributed by atoms with Gasteiger partial charge in [0, 0.05) is 5.56 Å². The van der Waals surface area contributed by atoms with E-state index in [2.05, 4.69) is 0 Å². The van der Waals surface area contributed by atoms with Crippen LogP contribution in [0.3, 0.4) is 0 Å². The minimum absolute atomic E-state index is 0.0405. The van der Waals surface area contributed by atoms with Gasteiger partial charge in [-0.05, 0) is 23.6 Å². The van der Waals surface area contributed by atoms with Crippen LogP contribution in [0, 0.1) is 0 Å². The van der Waals surface area contributed by atoms with Crippen LogP contribution >= 0.6 is 0 Å². The highest BCUT2D eigenvalue weighted by atomic mass is 32.2. The van der Waals surface area contributed by atoms with Crippen LogP contribution in [0.2, 0.25) is 0 Å². The molecule has 0 bridgehead atoms. The molecule has 0 unspecified atom stereocenters. The van der Waals surface area contributed by atoms with Crippen LogP contribution in [0.5, 0.6) is 0 Å². The van der Waals surface area contributed by atoms with Gasteiger partial charge >= 0.3 is 5.97 Å². The number of nitrogens with two attached hydrogens (primary N) is 1. The first-order valence-corrected chi connectivity index (χ1v) is 7.88. The highest BCUT2D eigenvalue weighted by Gasteiger charge is 2.24. The third-order valence-corrected chi connectivity index (χ3v) is 4.25. The number of aromatic carboxylic acids is 1. The topological polar surface area (TPSA) is 97.5 Å². The van der Waals surface area contributed by atoms with E-state index >= 15 is 0 Å². The van der Waals surface area contributed by atoms with E-state index in [1.54, 1.807) is 31.2 Å². The van der Waals surface area contributed by atoms with Crippen molar-refractivity contribution < 1.29 is 18.3 Å². The minimum atomic E-state index is -4.04. The van der Waals surface area contributed by atoms with E-state index in [1.807, 2.05) is 6.07 Å². The number of hydrogen-bond acceptors (Lipinski definition) is 3. The maximum absolute atomic E-state index is 12.0. The lowest BCUT2D eigenvalue weighted by atomic mass is 9.97. The first kappa shape index (κ1) is 15.2. The number of hydrogen-bond donors (Lipinski definition) is 2. The predicted molar refractivity (Wildman–Crippen MR) is 79.6 cm³/mol. The van der Waals surface area contributed by atoms with Gasteiger partial charge in [0.2, 0.25) is 10.0 Å². The average molecular weight is 305 g/mol. The van der Waals surface area contributed by atoms with Gasteiger partial charge in [-0.3, -0.25) is 0 Å². The maximum atomic E-state index is 12.0. The average Bonchev–Trinajstić information content (AvgIpc) is 2.45. The Hall–Kier alpha value is -2.18. The third-order valence-electron chi connectivity index (χ3n) is 3.21. The molecule has 0 aliphatic heterocycles. The summed E-state index contributed by atoms with van der Waals surface area (Å²) in [5.74, 6) is -1.17. The van der Waals surface area contributed by atoms with Crippen molar-refractivity contribution in [3.63, 3.8) is 0 Å². The zero-order valence-electron chi connectivity index (χ0n) is 11.4. The Labute approximate surface area is 123 Å². The van der Waals surface area contributed by atoms with E-state index in [-0.39, 0.29) is 22.4 Å². The summed E-state index contributed by atoms with van der Waals surface area (Å²) in [5, 5.41) is 14.5. The smallest absolute Gasteiger partial charge is 0.336 e. The summed E-state index contributed by atoms with van der Waals surface area (Å²) in [5.41, 5.74) is 1.28. The van der Waals surface area contributed by atoms with Crippen LogP contribution in [-0.4, -0.2) is 19.5 Å². The number of carboxylic acids is 1. The van der Waals surface area contributed by atoms with Crippen LogP contribution in [0.1, 0.15) is 22.8 Å². The second kappa shape index (κ2) is 5.67. The fourth-order valence-corrected chi connectivity index (χ4v) is 3.44. The molecule has 0 saturated carbocycles. The summed E-state index contributed by atoms with van der Waals surface area (Å²) in [6, 6.07) is 11.8. The van der Waals surface area contributed by atoms with Gasteiger partial charge in [-0.25, -0.2) is 18.4 Å². The standard InChI is InChI=1S/C15H15NO4S/c1-2-11-13(15(17)18)9-8-12(14(11)21(16,19)20)10-6-4-3-5-7-10/h3-9H,2H2,1H3,(H,17,18)(H2,16,19,20). The predicted octanol–water partition coefficient (Wildman–Crippen LogP) is 2.26. The molecule has 3 N–H and O–H groups in total. The fourth-order valence-electron chi connectivity index (χ4n) is 2.35. The molecule has 6 heteroatoms. The van der Waals surface area contributed by atoms with E-state index in [1.165, 1.54) is 12.1 Å².